The predicted octanol–water partition coefficient (Wildman–Crippen LogP) is 1.61. The standard InChI is InChI=1S/C7H13NO2/c1-5-6(2)8(3)7(9)10-4/h5H,1-4H3/b6-5+. The van der Waals surface area contributed by atoms with Crippen LogP contribution in [0.2, 0.25) is 0 Å². The zero-order valence-electron chi connectivity index (χ0n) is 6.84. The van der Waals surface area contributed by atoms with Gasteiger partial charge < -0.3 is 4.74 Å². The van der Waals surface area contributed by atoms with Crippen LogP contribution in [0.15, 0.2) is 11.8 Å². The highest BCUT2D eigenvalue weighted by molar-refractivity contribution is 5.69. The largest absolute Gasteiger partial charge is 0.452 e. The monoisotopic (exact) mass is 143 g/mol. The van der Waals surface area contributed by atoms with Gasteiger partial charge in [0.25, 0.3) is 0 Å². The van der Waals surface area contributed by atoms with Gasteiger partial charge in [0.1, 0.15) is 0 Å². The Labute approximate surface area is 61.3 Å². The molecule has 0 heterocycles. The second-order valence-corrected chi connectivity index (χ2v) is 1.96. The quantitative estimate of drug-likeness (QED) is 0.558. The minimum Gasteiger partial charge on any atom is -0.452 e. The maximum atomic E-state index is 10.8. The van der Waals surface area contributed by atoms with E-state index in [0.717, 1.165) is 5.70 Å². The summed E-state index contributed by atoms with van der Waals surface area (Å²) in [5.41, 5.74) is 0.881. The Kier molecular flexibility index (Phi) is 3.54. The third kappa shape index (κ3) is 2.09. The molecule has 0 aliphatic rings. The van der Waals surface area contributed by atoms with Crippen LogP contribution >= 0.6 is 0 Å². The lowest BCUT2D eigenvalue weighted by Gasteiger charge is -2.14. The number of carbonyl (C=O) groups excluding carboxylic acids is 1. The number of nitrogens with zero attached hydrogens (tertiary/aromatic N) is 1. The summed E-state index contributed by atoms with van der Waals surface area (Å²) >= 11 is 0. The third-order valence-electron chi connectivity index (χ3n) is 1.40. The predicted molar refractivity (Wildman–Crippen MR) is 39.6 cm³/mol. The Hall–Kier alpha value is -0.990. The van der Waals surface area contributed by atoms with E-state index in [1.165, 1.54) is 12.0 Å². The molecule has 0 saturated heterocycles. The molecule has 0 aliphatic heterocycles. The van der Waals surface area contributed by atoms with Crippen LogP contribution in [0.1, 0.15) is 13.8 Å². The highest BCUT2D eigenvalue weighted by atomic mass is 16.5. The van der Waals surface area contributed by atoms with Crippen LogP contribution in [0.3, 0.4) is 0 Å². The zero-order valence-corrected chi connectivity index (χ0v) is 6.84. The van der Waals surface area contributed by atoms with Gasteiger partial charge in [-0.2, -0.15) is 0 Å². The fourth-order valence-corrected chi connectivity index (χ4v) is 0.475. The van der Waals surface area contributed by atoms with Gasteiger partial charge in [-0.15, -0.1) is 0 Å². The smallest absolute Gasteiger partial charge is 0.413 e. The van der Waals surface area contributed by atoms with Crippen molar-refractivity contribution in [1.29, 1.82) is 0 Å². The molecule has 0 N–H and O–H groups in total. The molecule has 3 heteroatoms. The summed E-state index contributed by atoms with van der Waals surface area (Å²) < 4.78 is 4.48. The number of allylic oxidation sites excluding steroid dienone is 2. The van der Waals surface area contributed by atoms with Crippen LogP contribution in [0.4, 0.5) is 4.79 Å². The molecule has 0 aromatic rings. The van der Waals surface area contributed by atoms with E-state index in [9.17, 15) is 4.79 Å². The Morgan fingerprint density at radius 3 is 2.40 bits per heavy atom. The van der Waals surface area contributed by atoms with Gasteiger partial charge >= 0.3 is 6.09 Å². The number of amides is 1. The lowest BCUT2D eigenvalue weighted by atomic mass is 10.4. The van der Waals surface area contributed by atoms with Gasteiger partial charge in [-0.05, 0) is 13.8 Å². The average Bonchev–Trinajstić information content (AvgIpc) is 2.00. The summed E-state index contributed by atoms with van der Waals surface area (Å²) in [7, 11) is 3.03. The molecule has 0 bridgehead atoms. The molecule has 0 rings (SSSR count). The minimum atomic E-state index is -0.337. The number of hydrogen-bond acceptors (Lipinski definition) is 2. The topological polar surface area (TPSA) is 29.5 Å². The number of ether oxygens (including phenoxy) is 1. The lowest BCUT2D eigenvalue weighted by Crippen LogP contribution is -2.24. The Bertz CT molecular complexity index is 152. The van der Waals surface area contributed by atoms with Gasteiger partial charge in [0.2, 0.25) is 0 Å². The Morgan fingerprint density at radius 2 is 2.10 bits per heavy atom. The van der Waals surface area contributed by atoms with Crippen molar-refractivity contribution in [2.75, 3.05) is 14.2 Å². The molecule has 0 aromatic carbocycles. The summed E-state index contributed by atoms with van der Waals surface area (Å²) in [5, 5.41) is 0. The molecule has 1 amide bonds. The van der Waals surface area contributed by atoms with Crippen molar-refractivity contribution >= 4 is 6.09 Å². The third-order valence-corrected chi connectivity index (χ3v) is 1.40. The maximum absolute atomic E-state index is 10.8. The van der Waals surface area contributed by atoms with Gasteiger partial charge in [-0.3, -0.25) is 4.90 Å². The SMILES string of the molecule is C/C=C(\C)N(C)C(=O)OC. The van der Waals surface area contributed by atoms with Crippen molar-refractivity contribution in [2.45, 2.75) is 13.8 Å². The number of hydrogen-bond donors (Lipinski definition) is 0. The summed E-state index contributed by atoms with van der Waals surface area (Å²) in [6.07, 6.45) is 1.51. The summed E-state index contributed by atoms with van der Waals surface area (Å²) in [4.78, 5) is 12.2. The van der Waals surface area contributed by atoms with Crippen LogP contribution in [0.25, 0.3) is 0 Å². The van der Waals surface area contributed by atoms with E-state index >= 15 is 0 Å². The Morgan fingerprint density at radius 1 is 1.60 bits per heavy atom. The molecule has 3 nitrogen and oxygen atoms in total. The zero-order chi connectivity index (χ0) is 8.15. The molecule has 0 fully saturated rings. The van der Waals surface area contributed by atoms with E-state index in [-0.39, 0.29) is 6.09 Å². The minimum absolute atomic E-state index is 0.337. The van der Waals surface area contributed by atoms with E-state index < -0.39 is 0 Å². The molecule has 0 unspecified atom stereocenters. The van der Waals surface area contributed by atoms with Crippen LogP contribution in [-0.4, -0.2) is 25.2 Å². The van der Waals surface area contributed by atoms with E-state index in [1.807, 2.05) is 19.9 Å². The molecule has 58 valence electrons. The van der Waals surface area contributed by atoms with Crippen LogP contribution < -0.4 is 0 Å². The summed E-state index contributed by atoms with van der Waals surface area (Å²) in [6.45, 7) is 3.71. The van der Waals surface area contributed by atoms with Crippen LogP contribution in [0, 0.1) is 0 Å². The van der Waals surface area contributed by atoms with E-state index in [0.29, 0.717) is 0 Å². The van der Waals surface area contributed by atoms with Gasteiger partial charge in [0, 0.05) is 12.7 Å². The Balaban J connectivity index is 4.08. The molecule has 0 aromatic heterocycles. The average molecular weight is 143 g/mol. The first-order valence-electron chi connectivity index (χ1n) is 3.08. The summed E-state index contributed by atoms with van der Waals surface area (Å²) in [6, 6.07) is 0. The van der Waals surface area contributed by atoms with Crippen molar-refractivity contribution < 1.29 is 9.53 Å². The fraction of sp³-hybridized carbons (Fsp3) is 0.571. The molecule has 0 aliphatic carbocycles. The van der Waals surface area contributed by atoms with E-state index in [1.54, 1.807) is 7.05 Å². The van der Waals surface area contributed by atoms with Crippen molar-refractivity contribution in [3.8, 4) is 0 Å². The molecular formula is C7H13NO2. The fourth-order valence-electron chi connectivity index (χ4n) is 0.475. The first-order valence-corrected chi connectivity index (χ1v) is 3.08. The number of methoxy groups -OCH3 is 1. The second kappa shape index (κ2) is 3.93. The van der Waals surface area contributed by atoms with Gasteiger partial charge in [0.15, 0.2) is 0 Å². The summed E-state index contributed by atoms with van der Waals surface area (Å²) in [5.74, 6) is 0. The van der Waals surface area contributed by atoms with Gasteiger partial charge in [0.05, 0.1) is 7.11 Å². The highest BCUT2D eigenvalue weighted by Gasteiger charge is 2.07. The molecule has 0 saturated carbocycles. The molecular weight excluding hydrogens is 130 g/mol. The first-order chi connectivity index (χ1) is 4.63. The first kappa shape index (κ1) is 9.01. The van der Waals surface area contributed by atoms with Crippen molar-refractivity contribution in [3.05, 3.63) is 11.8 Å². The normalized spacial score (nSPS) is 11.0. The number of rotatable bonds is 1. The second-order valence-electron chi connectivity index (χ2n) is 1.96. The number of carbonyl (C=O) groups is 1. The van der Waals surface area contributed by atoms with Crippen LogP contribution in [0.5, 0.6) is 0 Å². The van der Waals surface area contributed by atoms with Crippen molar-refractivity contribution in [2.24, 2.45) is 0 Å². The van der Waals surface area contributed by atoms with Crippen molar-refractivity contribution in [3.63, 3.8) is 0 Å². The molecule has 0 radical (unpaired) electrons. The molecule has 10 heavy (non-hydrogen) atoms. The molecule has 0 spiro atoms. The van der Waals surface area contributed by atoms with Gasteiger partial charge in [-0.25, -0.2) is 4.79 Å². The highest BCUT2D eigenvalue weighted by Crippen LogP contribution is 2.00. The van der Waals surface area contributed by atoms with Gasteiger partial charge in [-0.1, -0.05) is 6.08 Å². The van der Waals surface area contributed by atoms with E-state index in [4.69, 9.17) is 0 Å². The molecule has 0 atom stereocenters. The maximum Gasteiger partial charge on any atom is 0.413 e. The van der Waals surface area contributed by atoms with Crippen molar-refractivity contribution in [1.82, 2.24) is 4.90 Å². The lowest BCUT2D eigenvalue weighted by molar-refractivity contribution is 0.143. The van der Waals surface area contributed by atoms with E-state index in [2.05, 4.69) is 4.74 Å². The van der Waals surface area contributed by atoms with Crippen LogP contribution in [-0.2, 0) is 4.74 Å².